The average Bonchev–Trinajstić information content (AvgIpc) is 3.05. The zero-order valence-corrected chi connectivity index (χ0v) is 12.8. The summed E-state index contributed by atoms with van der Waals surface area (Å²) >= 11 is 0. The van der Waals surface area contributed by atoms with Crippen LogP contribution in [0.15, 0.2) is 53.7 Å². The number of carbonyl (C=O) groups excluding carboxylic acids is 1. The van der Waals surface area contributed by atoms with E-state index in [9.17, 15) is 9.18 Å². The molecule has 4 nitrogen and oxygen atoms in total. The van der Waals surface area contributed by atoms with Crippen LogP contribution < -0.4 is 5.32 Å². The lowest BCUT2D eigenvalue weighted by atomic mass is 10.0. The van der Waals surface area contributed by atoms with Crippen molar-refractivity contribution in [2.24, 2.45) is 5.16 Å². The van der Waals surface area contributed by atoms with Gasteiger partial charge in [-0.3, -0.25) is 4.79 Å². The van der Waals surface area contributed by atoms with Gasteiger partial charge in [0.25, 0.3) is 5.91 Å². The molecule has 2 aromatic carbocycles. The third kappa shape index (κ3) is 3.23. The number of oxime groups is 1. The second-order valence-corrected chi connectivity index (χ2v) is 5.32. The smallest absolute Gasteiger partial charge is 0.268 e. The number of hydrogen-bond donors (Lipinski definition) is 1. The molecular weight excluding hydrogens is 295 g/mol. The Labute approximate surface area is 134 Å². The Balaban J connectivity index is 1.68. The molecule has 1 heterocycles. The van der Waals surface area contributed by atoms with Gasteiger partial charge >= 0.3 is 0 Å². The van der Waals surface area contributed by atoms with E-state index in [1.165, 1.54) is 6.07 Å². The van der Waals surface area contributed by atoms with Crippen molar-refractivity contribution in [3.05, 3.63) is 65.5 Å². The monoisotopic (exact) mass is 312 g/mol. The first-order valence-electron chi connectivity index (χ1n) is 7.55. The third-order valence-electron chi connectivity index (χ3n) is 3.80. The van der Waals surface area contributed by atoms with Gasteiger partial charge in [0.1, 0.15) is 5.82 Å². The van der Waals surface area contributed by atoms with Gasteiger partial charge in [-0.2, -0.15) is 0 Å². The van der Waals surface area contributed by atoms with Gasteiger partial charge in [0.05, 0.1) is 5.71 Å². The predicted octanol–water partition coefficient (Wildman–Crippen LogP) is 3.52. The molecule has 118 valence electrons. The van der Waals surface area contributed by atoms with Gasteiger partial charge in [0, 0.05) is 17.7 Å². The number of anilines is 1. The molecule has 0 spiro atoms. The average molecular weight is 312 g/mol. The molecule has 0 saturated carbocycles. The Morgan fingerprint density at radius 3 is 2.78 bits per heavy atom. The number of nitrogens with one attached hydrogen (secondary N) is 1. The lowest BCUT2D eigenvalue weighted by molar-refractivity contribution is -0.125. The van der Waals surface area contributed by atoms with Crippen molar-refractivity contribution < 1.29 is 14.0 Å². The van der Waals surface area contributed by atoms with Gasteiger partial charge < -0.3 is 10.2 Å². The molecule has 5 heteroatoms. The van der Waals surface area contributed by atoms with E-state index < -0.39 is 6.10 Å². The minimum atomic E-state index is -0.741. The second-order valence-electron chi connectivity index (χ2n) is 5.32. The minimum Gasteiger partial charge on any atom is -0.382 e. The van der Waals surface area contributed by atoms with E-state index in [2.05, 4.69) is 10.5 Å². The highest BCUT2D eigenvalue weighted by molar-refractivity contribution is 6.06. The molecule has 0 fully saturated rings. The van der Waals surface area contributed by atoms with Crippen molar-refractivity contribution in [2.75, 3.05) is 5.32 Å². The standard InChI is InChI=1S/C18H17FN2O2/c1-2-12-7-3-6-10-15(12)20-18(22)17-11-16(21-23-17)13-8-4-5-9-14(13)19/h3-10,17H,2,11H2,1H3,(H,20,22). The fraction of sp³-hybridized carbons (Fsp3) is 0.222. The highest BCUT2D eigenvalue weighted by Crippen LogP contribution is 2.21. The first kappa shape index (κ1) is 15.2. The number of hydrogen-bond acceptors (Lipinski definition) is 3. The maximum Gasteiger partial charge on any atom is 0.268 e. The molecule has 1 unspecified atom stereocenters. The Bertz CT molecular complexity index is 758. The molecule has 0 radical (unpaired) electrons. The highest BCUT2D eigenvalue weighted by atomic mass is 19.1. The molecule has 0 aromatic heterocycles. The van der Waals surface area contributed by atoms with Gasteiger partial charge in [-0.25, -0.2) is 4.39 Å². The summed E-state index contributed by atoms with van der Waals surface area (Å²) in [5.74, 6) is -0.645. The SMILES string of the molecule is CCc1ccccc1NC(=O)C1CC(c2ccccc2F)=NO1. The van der Waals surface area contributed by atoms with Crippen molar-refractivity contribution in [1.29, 1.82) is 0 Å². The molecule has 2 aromatic rings. The van der Waals surface area contributed by atoms with E-state index in [-0.39, 0.29) is 18.1 Å². The summed E-state index contributed by atoms with van der Waals surface area (Å²) in [6.45, 7) is 2.02. The van der Waals surface area contributed by atoms with E-state index in [1.807, 2.05) is 31.2 Å². The third-order valence-corrected chi connectivity index (χ3v) is 3.80. The number of halogens is 1. The Morgan fingerprint density at radius 1 is 1.26 bits per heavy atom. The van der Waals surface area contributed by atoms with Crippen molar-refractivity contribution >= 4 is 17.3 Å². The van der Waals surface area contributed by atoms with Crippen molar-refractivity contribution in [2.45, 2.75) is 25.9 Å². The lowest BCUT2D eigenvalue weighted by Gasteiger charge is -2.12. The maximum absolute atomic E-state index is 13.8. The summed E-state index contributed by atoms with van der Waals surface area (Å²) < 4.78 is 13.8. The first-order valence-corrected chi connectivity index (χ1v) is 7.55. The van der Waals surface area contributed by atoms with Crippen LogP contribution in [0.5, 0.6) is 0 Å². The largest absolute Gasteiger partial charge is 0.382 e. The summed E-state index contributed by atoms with van der Waals surface area (Å²) in [5.41, 5.74) is 2.64. The van der Waals surface area contributed by atoms with E-state index in [4.69, 9.17) is 4.84 Å². The number of para-hydroxylation sites is 1. The summed E-state index contributed by atoms with van der Waals surface area (Å²) in [5, 5.41) is 6.73. The Hall–Kier alpha value is -2.69. The number of aryl methyl sites for hydroxylation is 1. The van der Waals surface area contributed by atoms with Crippen LogP contribution in [0.2, 0.25) is 0 Å². The summed E-state index contributed by atoms with van der Waals surface area (Å²) in [4.78, 5) is 17.5. The number of amides is 1. The molecule has 1 amide bonds. The molecule has 0 saturated heterocycles. The molecule has 3 rings (SSSR count). The van der Waals surface area contributed by atoms with Gasteiger partial charge in [-0.1, -0.05) is 48.5 Å². The highest BCUT2D eigenvalue weighted by Gasteiger charge is 2.30. The summed E-state index contributed by atoms with van der Waals surface area (Å²) in [6.07, 6.45) is 0.328. The molecule has 1 aliphatic heterocycles. The molecule has 0 bridgehead atoms. The topological polar surface area (TPSA) is 50.7 Å². The molecular formula is C18H17FN2O2. The van der Waals surface area contributed by atoms with E-state index in [0.717, 1.165) is 17.7 Å². The lowest BCUT2D eigenvalue weighted by Crippen LogP contribution is -2.28. The maximum atomic E-state index is 13.8. The number of rotatable bonds is 4. The predicted molar refractivity (Wildman–Crippen MR) is 86.9 cm³/mol. The number of benzene rings is 2. The van der Waals surface area contributed by atoms with E-state index >= 15 is 0 Å². The van der Waals surface area contributed by atoms with Crippen LogP contribution in [0.3, 0.4) is 0 Å². The fourth-order valence-corrected chi connectivity index (χ4v) is 2.54. The first-order chi connectivity index (χ1) is 11.2. The quantitative estimate of drug-likeness (QED) is 0.939. The Morgan fingerprint density at radius 2 is 2.00 bits per heavy atom. The van der Waals surface area contributed by atoms with Crippen molar-refractivity contribution in [3.8, 4) is 0 Å². The van der Waals surface area contributed by atoms with Crippen LogP contribution in [-0.4, -0.2) is 17.7 Å². The van der Waals surface area contributed by atoms with Gasteiger partial charge in [0.2, 0.25) is 6.10 Å². The van der Waals surface area contributed by atoms with Gasteiger partial charge in [-0.15, -0.1) is 0 Å². The molecule has 1 atom stereocenters. The van der Waals surface area contributed by atoms with E-state index in [1.54, 1.807) is 18.2 Å². The van der Waals surface area contributed by atoms with Crippen LogP contribution in [0.25, 0.3) is 0 Å². The zero-order valence-electron chi connectivity index (χ0n) is 12.8. The fourth-order valence-electron chi connectivity index (χ4n) is 2.54. The minimum absolute atomic E-state index is 0.251. The number of nitrogens with zero attached hydrogens (tertiary/aromatic N) is 1. The molecule has 1 aliphatic rings. The second kappa shape index (κ2) is 6.60. The Kier molecular flexibility index (Phi) is 4.37. The summed E-state index contributed by atoms with van der Waals surface area (Å²) in [6, 6.07) is 13.9. The van der Waals surface area contributed by atoms with Gasteiger partial charge in [0.15, 0.2) is 0 Å². The van der Waals surface area contributed by atoms with E-state index in [0.29, 0.717) is 11.3 Å². The van der Waals surface area contributed by atoms with Crippen LogP contribution in [-0.2, 0) is 16.1 Å². The molecule has 1 N–H and O–H groups in total. The van der Waals surface area contributed by atoms with Gasteiger partial charge in [-0.05, 0) is 24.1 Å². The zero-order chi connectivity index (χ0) is 16.2. The normalized spacial score (nSPS) is 16.6. The van der Waals surface area contributed by atoms with Crippen molar-refractivity contribution in [3.63, 3.8) is 0 Å². The molecule has 23 heavy (non-hydrogen) atoms. The van der Waals surface area contributed by atoms with Crippen LogP contribution in [0, 0.1) is 5.82 Å². The summed E-state index contributed by atoms with van der Waals surface area (Å²) in [7, 11) is 0. The van der Waals surface area contributed by atoms with Crippen molar-refractivity contribution in [1.82, 2.24) is 0 Å². The van der Waals surface area contributed by atoms with Crippen LogP contribution in [0.4, 0.5) is 10.1 Å². The number of carbonyl (C=O) groups is 1. The van der Waals surface area contributed by atoms with Crippen LogP contribution in [0.1, 0.15) is 24.5 Å². The van der Waals surface area contributed by atoms with Crippen LogP contribution >= 0.6 is 0 Å². The molecule has 0 aliphatic carbocycles.